The molecule has 6 nitrogen and oxygen atoms in total. The number of likely N-dealkylation sites (tertiary alicyclic amines) is 1. The molecule has 0 atom stereocenters. The van der Waals surface area contributed by atoms with Gasteiger partial charge in [0, 0.05) is 20.1 Å². The van der Waals surface area contributed by atoms with Gasteiger partial charge in [-0.1, -0.05) is 30.7 Å². The summed E-state index contributed by atoms with van der Waals surface area (Å²) in [5.41, 5.74) is 3.64. The van der Waals surface area contributed by atoms with E-state index in [0.29, 0.717) is 12.4 Å². The zero-order chi connectivity index (χ0) is 19.1. The molecule has 3 rings (SSSR count). The maximum absolute atomic E-state index is 5.61. The molecule has 0 spiro atoms. The monoisotopic (exact) mass is 497 g/mol. The molecule has 0 amide bonds. The number of aliphatic imine (C=N–C) groups is 1. The number of aromatic nitrogens is 1. The van der Waals surface area contributed by atoms with Crippen molar-refractivity contribution in [1.29, 1.82) is 0 Å². The molecule has 0 aliphatic carbocycles. The Morgan fingerprint density at radius 1 is 1.07 bits per heavy atom. The molecule has 28 heavy (non-hydrogen) atoms. The first-order chi connectivity index (χ1) is 13.2. The first kappa shape index (κ1) is 22.7. The van der Waals surface area contributed by atoms with Crippen molar-refractivity contribution >= 4 is 29.9 Å². The third-order valence-electron chi connectivity index (χ3n) is 5.11. The second-order valence-corrected chi connectivity index (χ2v) is 7.13. The molecule has 7 heteroatoms. The van der Waals surface area contributed by atoms with Gasteiger partial charge in [-0.2, -0.15) is 0 Å². The third kappa shape index (κ3) is 6.48. The molecule has 1 aromatic carbocycles. The van der Waals surface area contributed by atoms with E-state index in [9.17, 15) is 0 Å². The van der Waals surface area contributed by atoms with Crippen LogP contribution in [0.5, 0.6) is 0 Å². The van der Waals surface area contributed by atoms with Crippen molar-refractivity contribution in [2.75, 3.05) is 20.1 Å². The summed E-state index contributed by atoms with van der Waals surface area (Å²) in [6, 6.07) is 8.66. The second-order valence-electron chi connectivity index (χ2n) is 7.13. The van der Waals surface area contributed by atoms with Crippen LogP contribution in [0.1, 0.15) is 47.7 Å². The molecule has 2 heterocycles. The summed E-state index contributed by atoms with van der Waals surface area (Å²) in [6.45, 7) is 8.59. The second kappa shape index (κ2) is 11.4. The molecule has 0 saturated carbocycles. The van der Waals surface area contributed by atoms with Crippen LogP contribution in [-0.2, 0) is 19.6 Å². The van der Waals surface area contributed by atoms with Crippen LogP contribution >= 0.6 is 24.0 Å². The molecule has 1 aromatic heterocycles. The van der Waals surface area contributed by atoms with Gasteiger partial charge in [-0.05, 0) is 50.9 Å². The fourth-order valence-corrected chi connectivity index (χ4v) is 3.42. The lowest BCUT2D eigenvalue weighted by Gasteiger charge is -2.27. The molecule has 154 valence electrons. The Morgan fingerprint density at radius 3 is 2.39 bits per heavy atom. The minimum absolute atomic E-state index is 0. The van der Waals surface area contributed by atoms with Gasteiger partial charge >= 0.3 is 0 Å². The summed E-state index contributed by atoms with van der Waals surface area (Å²) < 4.78 is 5.61. The third-order valence-corrected chi connectivity index (χ3v) is 5.11. The van der Waals surface area contributed by atoms with E-state index in [4.69, 9.17) is 4.42 Å². The average Bonchev–Trinajstić information content (AvgIpc) is 3.01. The smallest absolute Gasteiger partial charge is 0.214 e. The average molecular weight is 497 g/mol. The van der Waals surface area contributed by atoms with Gasteiger partial charge in [-0.15, -0.1) is 24.0 Å². The van der Waals surface area contributed by atoms with Gasteiger partial charge in [0.05, 0.1) is 12.2 Å². The van der Waals surface area contributed by atoms with E-state index in [2.05, 4.69) is 49.8 Å². The highest BCUT2D eigenvalue weighted by Gasteiger charge is 2.13. The number of aryl methyl sites for hydroxylation is 2. The highest BCUT2D eigenvalue weighted by atomic mass is 127. The number of hydrogen-bond donors (Lipinski definition) is 2. The van der Waals surface area contributed by atoms with Gasteiger partial charge in [0.25, 0.3) is 0 Å². The summed E-state index contributed by atoms with van der Waals surface area (Å²) in [5, 5.41) is 6.68. The normalized spacial score (nSPS) is 15.2. The van der Waals surface area contributed by atoms with Gasteiger partial charge in [0.1, 0.15) is 5.76 Å². The highest BCUT2D eigenvalue weighted by Crippen LogP contribution is 2.16. The Bertz CT molecular complexity index is 748. The van der Waals surface area contributed by atoms with E-state index >= 15 is 0 Å². The summed E-state index contributed by atoms with van der Waals surface area (Å²) in [4.78, 5) is 11.3. The predicted molar refractivity (Wildman–Crippen MR) is 124 cm³/mol. The molecule has 2 N–H and O–H groups in total. The fourth-order valence-electron chi connectivity index (χ4n) is 3.42. The van der Waals surface area contributed by atoms with Crippen LogP contribution in [0.15, 0.2) is 33.7 Å². The van der Waals surface area contributed by atoms with Gasteiger partial charge < -0.3 is 15.1 Å². The minimum atomic E-state index is 0. The molecular weight excluding hydrogens is 465 g/mol. The van der Waals surface area contributed by atoms with Gasteiger partial charge in [0.15, 0.2) is 5.96 Å². The van der Waals surface area contributed by atoms with Crippen LogP contribution < -0.4 is 10.6 Å². The lowest BCUT2D eigenvalue weighted by atomic mass is 10.0. The number of hydrogen-bond acceptors (Lipinski definition) is 4. The van der Waals surface area contributed by atoms with Crippen molar-refractivity contribution in [3.8, 4) is 0 Å². The van der Waals surface area contributed by atoms with Crippen LogP contribution in [0, 0.1) is 13.8 Å². The quantitative estimate of drug-likeness (QED) is 0.362. The minimum Gasteiger partial charge on any atom is -0.444 e. The Hall–Kier alpha value is -1.61. The van der Waals surface area contributed by atoms with Crippen molar-refractivity contribution in [3.63, 3.8) is 0 Å². The lowest BCUT2D eigenvalue weighted by Crippen LogP contribution is -2.37. The Morgan fingerprint density at radius 2 is 1.75 bits per heavy atom. The van der Waals surface area contributed by atoms with Gasteiger partial charge in [0.2, 0.25) is 5.89 Å². The van der Waals surface area contributed by atoms with Crippen molar-refractivity contribution in [2.45, 2.75) is 52.7 Å². The van der Waals surface area contributed by atoms with E-state index < -0.39 is 0 Å². The van der Waals surface area contributed by atoms with Crippen LogP contribution in [0.2, 0.25) is 0 Å². The molecule has 0 radical (unpaired) electrons. The number of guanidine groups is 1. The Kier molecular flexibility index (Phi) is 9.24. The standard InChI is InChI=1S/C21H31N5O.HI/c1-16-17(2)27-20(25-16)14-24-21(22-3)23-13-18-9-5-6-10-19(18)15-26-11-7-4-8-12-26;/h5-6,9-10H,4,7-8,11-15H2,1-3H3,(H2,22,23,24);1H. The summed E-state index contributed by atoms with van der Waals surface area (Å²) in [6.07, 6.45) is 4.00. The number of oxazole rings is 1. The number of halogens is 1. The van der Waals surface area contributed by atoms with E-state index in [-0.39, 0.29) is 24.0 Å². The van der Waals surface area contributed by atoms with E-state index in [1.807, 2.05) is 13.8 Å². The molecular formula is C21H32IN5O. The lowest BCUT2D eigenvalue weighted by molar-refractivity contribution is 0.220. The van der Waals surface area contributed by atoms with Crippen molar-refractivity contribution in [1.82, 2.24) is 20.5 Å². The predicted octanol–water partition coefficient (Wildman–Crippen LogP) is 3.76. The van der Waals surface area contributed by atoms with Crippen LogP contribution in [0.25, 0.3) is 0 Å². The Labute approximate surface area is 185 Å². The van der Waals surface area contributed by atoms with Gasteiger partial charge in [-0.25, -0.2) is 4.98 Å². The molecule has 0 bridgehead atoms. The zero-order valence-corrected chi connectivity index (χ0v) is 19.5. The first-order valence-electron chi connectivity index (χ1n) is 9.82. The molecule has 1 aliphatic rings. The molecule has 1 saturated heterocycles. The number of benzene rings is 1. The molecule has 0 unspecified atom stereocenters. The molecule has 1 fully saturated rings. The summed E-state index contributed by atoms with van der Waals surface area (Å²) in [5.74, 6) is 2.29. The summed E-state index contributed by atoms with van der Waals surface area (Å²) >= 11 is 0. The summed E-state index contributed by atoms with van der Waals surface area (Å²) in [7, 11) is 1.78. The van der Waals surface area contributed by atoms with Crippen molar-refractivity contribution in [2.24, 2.45) is 4.99 Å². The maximum atomic E-state index is 5.61. The molecule has 2 aromatic rings. The van der Waals surface area contributed by atoms with Crippen molar-refractivity contribution < 1.29 is 4.42 Å². The molecule has 1 aliphatic heterocycles. The maximum Gasteiger partial charge on any atom is 0.214 e. The van der Waals surface area contributed by atoms with Crippen LogP contribution in [-0.4, -0.2) is 36.0 Å². The van der Waals surface area contributed by atoms with E-state index in [0.717, 1.165) is 30.5 Å². The number of piperidine rings is 1. The van der Waals surface area contributed by atoms with Gasteiger partial charge in [-0.3, -0.25) is 9.89 Å². The largest absolute Gasteiger partial charge is 0.444 e. The first-order valence-corrected chi connectivity index (χ1v) is 9.82. The fraction of sp³-hybridized carbons (Fsp3) is 0.524. The van der Waals surface area contributed by atoms with Crippen molar-refractivity contribution in [3.05, 3.63) is 52.7 Å². The van der Waals surface area contributed by atoms with Crippen LogP contribution in [0.4, 0.5) is 0 Å². The zero-order valence-electron chi connectivity index (χ0n) is 17.1. The number of rotatable bonds is 6. The Balaban J connectivity index is 0.00000280. The van der Waals surface area contributed by atoms with Crippen LogP contribution in [0.3, 0.4) is 0 Å². The highest BCUT2D eigenvalue weighted by molar-refractivity contribution is 14.0. The van der Waals surface area contributed by atoms with E-state index in [1.165, 1.54) is 43.5 Å². The van der Waals surface area contributed by atoms with E-state index in [1.54, 1.807) is 7.05 Å². The number of nitrogens with one attached hydrogen (secondary N) is 2. The number of nitrogens with zero attached hydrogens (tertiary/aromatic N) is 3. The SMILES string of the molecule is CN=C(NCc1nc(C)c(C)o1)NCc1ccccc1CN1CCCCC1.I. The topological polar surface area (TPSA) is 65.7 Å².